The zero-order valence-electron chi connectivity index (χ0n) is 8.16. The van der Waals surface area contributed by atoms with Crippen LogP contribution in [0.2, 0.25) is 0 Å². The van der Waals surface area contributed by atoms with E-state index in [1.54, 1.807) is 11.9 Å². The molecule has 68 valence electrons. The minimum atomic E-state index is -0.0984. The van der Waals surface area contributed by atoms with Crippen molar-refractivity contribution in [3.8, 4) is 6.07 Å². The normalized spacial score (nSPS) is 12.3. The number of nitriles is 1. The third-order valence-electron chi connectivity index (χ3n) is 2.20. The number of nitrogens with zero attached hydrogens (tertiary/aromatic N) is 2. The first-order valence-electron chi connectivity index (χ1n) is 4.13. The van der Waals surface area contributed by atoms with E-state index in [-0.39, 0.29) is 18.4 Å². The van der Waals surface area contributed by atoms with Crippen LogP contribution in [0.3, 0.4) is 0 Å². The fraction of sp³-hybridized carbons (Fsp3) is 0.778. The molecule has 3 heteroatoms. The number of carbonyl (C=O) groups excluding carboxylic acids is 1. The molecule has 1 atom stereocenters. The second kappa shape index (κ2) is 4.76. The summed E-state index contributed by atoms with van der Waals surface area (Å²) in [5.41, 5.74) is 0. The number of hydrogen-bond acceptors (Lipinski definition) is 2. The molecule has 0 saturated heterocycles. The Hall–Kier alpha value is -1.04. The molecule has 0 aliphatic carbocycles. The number of hydrogen-bond donors (Lipinski definition) is 0. The van der Waals surface area contributed by atoms with Gasteiger partial charge in [0.2, 0.25) is 5.91 Å². The molecule has 0 spiro atoms. The van der Waals surface area contributed by atoms with Crippen molar-refractivity contribution in [2.75, 3.05) is 7.05 Å². The van der Waals surface area contributed by atoms with Gasteiger partial charge < -0.3 is 4.90 Å². The monoisotopic (exact) mass is 168 g/mol. The fourth-order valence-corrected chi connectivity index (χ4v) is 0.867. The van der Waals surface area contributed by atoms with Crippen LogP contribution in [0.15, 0.2) is 0 Å². The lowest BCUT2D eigenvalue weighted by Gasteiger charge is -2.27. The van der Waals surface area contributed by atoms with Gasteiger partial charge in [-0.25, -0.2) is 0 Å². The van der Waals surface area contributed by atoms with Gasteiger partial charge in [-0.2, -0.15) is 5.26 Å². The van der Waals surface area contributed by atoms with Gasteiger partial charge in [0.05, 0.1) is 6.07 Å². The van der Waals surface area contributed by atoms with Crippen LogP contribution in [-0.2, 0) is 4.79 Å². The number of carbonyl (C=O) groups is 1. The second-order valence-electron chi connectivity index (χ2n) is 3.32. The summed E-state index contributed by atoms with van der Waals surface area (Å²) in [6, 6.07) is 2.05. The SMILES string of the molecule is CC(C)C(C)N(C)C(=O)CC#N. The summed E-state index contributed by atoms with van der Waals surface area (Å²) in [5, 5.41) is 8.31. The van der Waals surface area contributed by atoms with Crippen LogP contribution < -0.4 is 0 Å². The van der Waals surface area contributed by atoms with Crippen LogP contribution >= 0.6 is 0 Å². The molecule has 0 aromatic carbocycles. The minimum Gasteiger partial charge on any atom is -0.342 e. The van der Waals surface area contributed by atoms with Gasteiger partial charge in [-0.05, 0) is 12.8 Å². The molecule has 0 bridgehead atoms. The predicted octanol–water partition coefficient (Wildman–Crippen LogP) is 1.40. The van der Waals surface area contributed by atoms with E-state index < -0.39 is 0 Å². The second-order valence-corrected chi connectivity index (χ2v) is 3.32. The molecule has 0 aromatic heterocycles. The van der Waals surface area contributed by atoms with Gasteiger partial charge in [-0.1, -0.05) is 13.8 Å². The van der Waals surface area contributed by atoms with Crippen molar-refractivity contribution in [2.24, 2.45) is 5.92 Å². The standard InChI is InChI=1S/C9H16N2O/c1-7(2)8(3)11(4)9(12)5-6-10/h7-8H,5H2,1-4H3. The van der Waals surface area contributed by atoms with Crippen LogP contribution in [0.1, 0.15) is 27.2 Å². The van der Waals surface area contributed by atoms with Crippen molar-refractivity contribution in [3.63, 3.8) is 0 Å². The van der Waals surface area contributed by atoms with Crippen LogP contribution in [0, 0.1) is 17.2 Å². The van der Waals surface area contributed by atoms with E-state index in [1.165, 1.54) is 0 Å². The minimum absolute atomic E-state index is 0.0203. The Kier molecular flexibility index (Phi) is 4.35. The van der Waals surface area contributed by atoms with E-state index >= 15 is 0 Å². The van der Waals surface area contributed by atoms with Crippen molar-refractivity contribution in [1.82, 2.24) is 4.90 Å². The molecule has 0 saturated carbocycles. The lowest BCUT2D eigenvalue weighted by atomic mass is 10.1. The highest BCUT2D eigenvalue weighted by atomic mass is 16.2. The predicted molar refractivity (Wildman–Crippen MR) is 47.3 cm³/mol. The van der Waals surface area contributed by atoms with Crippen LogP contribution in [0.4, 0.5) is 0 Å². The summed E-state index contributed by atoms with van der Waals surface area (Å²) in [4.78, 5) is 12.8. The third kappa shape index (κ3) is 2.91. The molecule has 1 amide bonds. The average molecular weight is 168 g/mol. The molecule has 0 heterocycles. The molecule has 0 radical (unpaired) electrons. The number of amides is 1. The van der Waals surface area contributed by atoms with E-state index in [0.717, 1.165) is 0 Å². The van der Waals surface area contributed by atoms with Crippen molar-refractivity contribution in [3.05, 3.63) is 0 Å². The maximum Gasteiger partial charge on any atom is 0.236 e. The van der Waals surface area contributed by atoms with Gasteiger partial charge >= 0.3 is 0 Å². The summed E-state index contributed by atoms with van der Waals surface area (Å²) in [6.45, 7) is 6.10. The molecular weight excluding hydrogens is 152 g/mol. The van der Waals surface area contributed by atoms with E-state index in [9.17, 15) is 4.79 Å². The van der Waals surface area contributed by atoms with Gasteiger partial charge in [0.15, 0.2) is 0 Å². The third-order valence-corrected chi connectivity index (χ3v) is 2.20. The van der Waals surface area contributed by atoms with Crippen molar-refractivity contribution >= 4 is 5.91 Å². The van der Waals surface area contributed by atoms with Gasteiger partial charge in [-0.15, -0.1) is 0 Å². The summed E-state index contributed by atoms with van der Waals surface area (Å²) in [5.74, 6) is 0.330. The highest BCUT2D eigenvalue weighted by molar-refractivity contribution is 5.78. The first-order chi connectivity index (χ1) is 5.50. The Morgan fingerprint density at radius 3 is 2.33 bits per heavy atom. The molecular formula is C9H16N2O. The zero-order chi connectivity index (χ0) is 9.72. The highest BCUT2D eigenvalue weighted by Crippen LogP contribution is 2.08. The Morgan fingerprint density at radius 1 is 1.50 bits per heavy atom. The van der Waals surface area contributed by atoms with Crippen LogP contribution in [-0.4, -0.2) is 23.9 Å². The van der Waals surface area contributed by atoms with Gasteiger partial charge in [0.25, 0.3) is 0 Å². The molecule has 12 heavy (non-hydrogen) atoms. The molecule has 3 nitrogen and oxygen atoms in total. The molecule has 0 N–H and O–H groups in total. The maximum atomic E-state index is 11.2. The van der Waals surface area contributed by atoms with Gasteiger partial charge in [-0.3, -0.25) is 4.79 Å². The first kappa shape index (κ1) is 11.0. The maximum absolute atomic E-state index is 11.2. The molecule has 1 unspecified atom stereocenters. The molecule has 0 rings (SSSR count). The largest absolute Gasteiger partial charge is 0.342 e. The van der Waals surface area contributed by atoms with E-state index in [2.05, 4.69) is 13.8 Å². The Labute approximate surface area is 74.0 Å². The summed E-state index contributed by atoms with van der Waals surface area (Å²) in [7, 11) is 1.74. The Balaban J connectivity index is 4.11. The molecule has 0 fully saturated rings. The van der Waals surface area contributed by atoms with Crippen molar-refractivity contribution in [1.29, 1.82) is 5.26 Å². The zero-order valence-corrected chi connectivity index (χ0v) is 8.16. The summed E-state index contributed by atoms with van der Waals surface area (Å²) >= 11 is 0. The lowest BCUT2D eigenvalue weighted by Crippen LogP contribution is -2.37. The van der Waals surface area contributed by atoms with Crippen LogP contribution in [0.5, 0.6) is 0 Å². The topological polar surface area (TPSA) is 44.1 Å². The lowest BCUT2D eigenvalue weighted by molar-refractivity contribution is -0.131. The fourth-order valence-electron chi connectivity index (χ4n) is 0.867. The molecule has 0 aliphatic heterocycles. The van der Waals surface area contributed by atoms with E-state index in [1.807, 2.05) is 13.0 Å². The highest BCUT2D eigenvalue weighted by Gasteiger charge is 2.17. The van der Waals surface area contributed by atoms with E-state index in [4.69, 9.17) is 5.26 Å². The van der Waals surface area contributed by atoms with E-state index in [0.29, 0.717) is 5.92 Å². The number of rotatable bonds is 3. The Morgan fingerprint density at radius 2 is 2.00 bits per heavy atom. The first-order valence-corrected chi connectivity index (χ1v) is 4.13. The summed E-state index contributed by atoms with van der Waals surface area (Å²) in [6.07, 6.45) is -0.0203. The van der Waals surface area contributed by atoms with Gasteiger partial charge in [0.1, 0.15) is 6.42 Å². The van der Waals surface area contributed by atoms with Crippen molar-refractivity contribution < 1.29 is 4.79 Å². The molecule has 0 aliphatic rings. The van der Waals surface area contributed by atoms with Gasteiger partial charge in [0, 0.05) is 13.1 Å². The Bertz CT molecular complexity index is 193. The summed E-state index contributed by atoms with van der Waals surface area (Å²) < 4.78 is 0. The van der Waals surface area contributed by atoms with Crippen molar-refractivity contribution in [2.45, 2.75) is 33.2 Å². The smallest absolute Gasteiger partial charge is 0.236 e. The molecule has 0 aromatic rings. The average Bonchev–Trinajstić information content (AvgIpc) is 2.02. The van der Waals surface area contributed by atoms with Crippen LogP contribution in [0.25, 0.3) is 0 Å². The quantitative estimate of drug-likeness (QED) is 0.639.